The molecule has 2 aromatic carbocycles. The van der Waals surface area contributed by atoms with E-state index in [-0.39, 0.29) is 6.04 Å². The van der Waals surface area contributed by atoms with Gasteiger partial charge in [0, 0.05) is 6.26 Å². The number of hydrogen-bond donors (Lipinski definition) is 1. The Bertz CT molecular complexity index is 758. The number of amides is 1. The van der Waals surface area contributed by atoms with E-state index in [1.165, 1.54) is 12.5 Å². The summed E-state index contributed by atoms with van der Waals surface area (Å²) in [7, 11) is -3.41. The first-order chi connectivity index (χ1) is 11.4. The first kappa shape index (κ1) is 18.2. The normalized spacial score (nSPS) is 13.9. The highest BCUT2D eigenvalue weighted by Gasteiger charge is 2.26. The van der Waals surface area contributed by atoms with Gasteiger partial charge in [0.1, 0.15) is 5.25 Å². The van der Waals surface area contributed by atoms with E-state index in [2.05, 4.69) is 5.32 Å². The van der Waals surface area contributed by atoms with Crippen LogP contribution in [0.2, 0.25) is 0 Å². The average Bonchev–Trinajstić information content (AvgIpc) is 2.58. The molecule has 24 heavy (non-hydrogen) atoms. The summed E-state index contributed by atoms with van der Waals surface area (Å²) in [5, 5.41) is 1.84. The first-order valence-corrected chi connectivity index (χ1v) is 9.91. The molecular formula is C19H23NO3S. The van der Waals surface area contributed by atoms with Crippen LogP contribution in [-0.4, -0.2) is 25.8 Å². The highest BCUT2D eigenvalue weighted by atomic mass is 32.2. The summed E-state index contributed by atoms with van der Waals surface area (Å²) in [6.45, 7) is 1.42. The molecule has 2 rings (SSSR count). The molecule has 0 aliphatic carbocycles. The minimum absolute atomic E-state index is 0.219. The molecule has 1 N–H and O–H groups in total. The molecule has 0 aliphatic heterocycles. The third kappa shape index (κ3) is 5.20. The number of rotatable bonds is 7. The van der Waals surface area contributed by atoms with Crippen molar-refractivity contribution in [2.75, 3.05) is 6.26 Å². The Labute approximate surface area is 143 Å². The molecule has 1 amide bonds. The Balaban J connectivity index is 2.13. The highest BCUT2D eigenvalue weighted by molar-refractivity contribution is 7.92. The molecule has 0 aromatic heterocycles. The smallest absolute Gasteiger partial charge is 0.238 e. The van der Waals surface area contributed by atoms with E-state index in [4.69, 9.17) is 0 Å². The van der Waals surface area contributed by atoms with Gasteiger partial charge in [0.15, 0.2) is 9.84 Å². The molecule has 0 saturated heterocycles. The topological polar surface area (TPSA) is 63.2 Å². The summed E-state index contributed by atoms with van der Waals surface area (Å²) in [4.78, 5) is 12.3. The lowest BCUT2D eigenvalue weighted by Crippen LogP contribution is -2.39. The largest absolute Gasteiger partial charge is 0.348 e. The Morgan fingerprint density at radius 3 is 2.08 bits per heavy atom. The van der Waals surface area contributed by atoms with Crippen molar-refractivity contribution in [3.8, 4) is 0 Å². The van der Waals surface area contributed by atoms with Gasteiger partial charge in [-0.2, -0.15) is 0 Å². The van der Waals surface area contributed by atoms with Crippen molar-refractivity contribution in [2.24, 2.45) is 0 Å². The quantitative estimate of drug-likeness (QED) is 0.839. The van der Waals surface area contributed by atoms with E-state index in [1.807, 2.05) is 60.7 Å². The molecular weight excluding hydrogens is 322 g/mol. The fourth-order valence-electron chi connectivity index (χ4n) is 2.45. The van der Waals surface area contributed by atoms with Crippen LogP contribution in [0.15, 0.2) is 60.7 Å². The third-order valence-electron chi connectivity index (χ3n) is 4.09. The molecule has 0 bridgehead atoms. The Hall–Kier alpha value is -2.14. The molecule has 0 unspecified atom stereocenters. The number of hydrogen-bond acceptors (Lipinski definition) is 3. The number of carbonyl (C=O) groups is 1. The van der Waals surface area contributed by atoms with Crippen LogP contribution in [-0.2, 0) is 21.1 Å². The van der Waals surface area contributed by atoms with Gasteiger partial charge in [-0.3, -0.25) is 4.79 Å². The Morgan fingerprint density at radius 1 is 1.00 bits per heavy atom. The molecule has 2 aromatic rings. The molecule has 0 spiro atoms. The molecule has 0 heterocycles. The number of sulfone groups is 1. The standard InChI is InChI=1S/C19H23NO3S/c1-15(24(2,22)23)19(21)20-18(17-11-7-4-8-12-17)14-13-16-9-5-3-6-10-16/h3-12,15,18H,13-14H2,1-2H3,(H,20,21)/t15-,18+/m0/s1. The van der Waals surface area contributed by atoms with E-state index in [0.29, 0.717) is 6.42 Å². The van der Waals surface area contributed by atoms with E-state index < -0.39 is 21.0 Å². The zero-order valence-electron chi connectivity index (χ0n) is 14.0. The maximum Gasteiger partial charge on any atom is 0.238 e. The van der Waals surface area contributed by atoms with Crippen molar-refractivity contribution in [1.29, 1.82) is 0 Å². The van der Waals surface area contributed by atoms with Gasteiger partial charge in [0.2, 0.25) is 5.91 Å². The fourth-order valence-corrected chi connectivity index (χ4v) is 2.90. The van der Waals surface area contributed by atoms with Crippen molar-refractivity contribution >= 4 is 15.7 Å². The van der Waals surface area contributed by atoms with E-state index >= 15 is 0 Å². The van der Waals surface area contributed by atoms with Crippen molar-refractivity contribution < 1.29 is 13.2 Å². The zero-order valence-corrected chi connectivity index (χ0v) is 14.8. The van der Waals surface area contributed by atoms with Gasteiger partial charge in [0.25, 0.3) is 0 Å². The molecule has 0 aliphatic rings. The van der Waals surface area contributed by atoms with Crippen molar-refractivity contribution in [1.82, 2.24) is 5.32 Å². The summed E-state index contributed by atoms with van der Waals surface area (Å²) in [5.74, 6) is -0.459. The van der Waals surface area contributed by atoms with Crippen LogP contribution in [0.4, 0.5) is 0 Å². The molecule has 2 atom stereocenters. The van der Waals surface area contributed by atoms with Crippen molar-refractivity contribution in [3.05, 3.63) is 71.8 Å². The van der Waals surface area contributed by atoms with Gasteiger partial charge in [-0.15, -0.1) is 0 Å². The summed E-state index contributed by atoms with van der Waals surface area (Å²) in [5.41, 5.74) is 2.16. The van der Waals surface area contributed by atoms with E-state index in [0.717, 1.165) is 18.2 Å². The second-order valence-electron chi connectivity index (χ2n) is 5.97. The van der Waals surface area contributed by atoms with Gasteiger partial charge < -0.3 is 5.32 Å². The van der Waals surface area contributed by atoms with Gasteiger partial charge in [0.05, 0.1) is 6.04 Å². The fraction of sp³-hybridized carbons (Fsp3) is 0.316. The lowest BCUT2D eigenvalue weighted by atomic mass is 9.99. The van der Waals surface area contributed by atoms with Crippen LogP contribution in [0.1, 0.15) is 30.5 Å². The van der Waals surface area contributed by atoms with E-state index in [9.17, 15) is 13.2 Å². The minimum atomic E-state index is -3.41. The average molecular weight is 345 g/mol. The summed E-state index contributed by atoms with van der Waals surface area (Å²) in [6, 6.07) is 19.4. The molecule has 4 nitrogen and oxygen atoms in total. The van der Waals surface area contributed by atoms with Gasteiger partial charge in [-0.25, -0.2) is 8.42 Å². The second-order valence-corrected chi connectivity index (χ2v) is 8.33. The lowest BCUT2D eigenvalue weighted by molar-refractivity contribution is -0.121. The number of benzene rings is 2. The molecule has 5 heteroatoms. The summed E-state index contributed by atoms with van der Waals surface area (Å²) >= 11 is 0. The van der Waals surface area contributed by atoms with E-state index in [1.54, 1.807) is 0 Å². The molecule has 128 valence electrons. The number of aryl methyl sites for hydroxylation is 1. The van der Waals surface area contributed by atoms with Crippen molar-refractivity contribution in [3.63, 3.8) is 0 Å². The summed E-state index contributed by atoms with van der Waals surface area (Å²) < 4.78 is 23.2. The minimum Gasteiger partial charge on any atom is -0.348 e. The molecule has 0 fully saturated rings. The molecule has 0 saturated carbocycles. The van der Waals surface area contributed by atoms with Crippen LogP contribution < -0.4 is 5.32 Å². The number of carbonyl (C=O) groups excluding carboxylic acids is 1. The van der Waals surface area contributed by atoms with Crippen LogP contribution in [0.5, 0.6) is 0 Å². The zero-order chi connectivity index (χ0) is 17.6. The Kier molecular flexibility index (Phi) is 6.15. The Morgan fingerprint density at radius 2 is 1.54 bits per heavy atom. The van der Waals surface area contributed by atoms with Crippen LogP contribution in [0.25, 0.3) is 0 Å². The maximum absolute atomic E-state index is 12.3. The SMILES string of the molecule is C[C@@H](C(=O)N[C@H](CCc1ccccc1)c1ccccc1)S(C)(=O)=O. The van der Waals surface area contributed by atoms with Crippen molar-refractivity contribution in [2.45, 2.75) is 31.1 Å². The predicted molar refractivity (Wildman–Crippen MR) is 96.4 cm³/mol. The monoisotopic (exact) mass is 345 g/mol. The second kappa shape index (κ2) is 8.11. The number of nitrogens with one attached hydrogen (secondary N) is 1. The van der Waals surface area contributed by atoms with Crippen LogP contribution in [0.3, 0.4) is 0 Å². The van der Waals surface area contributed by atoms with Gasteiger partial charge in [-0.1, -0.05) is 60.7 Å². The predicted octanol–water partition coefficient (Wildman–Crippen LogP) is 2.91. The van der Waals surface area contributed by atoms with Gasteiger partial charge >= 0.3 is 0 Å². The third-order valence-corrected chi connectivity index (χ3v) is 5.59. The first-order valence-electron chi connectivity index (χ1n) is 7.96. The van der Waals surface area contributed by atoms with Crippen LogP contribution in [0, 0.1) is 0 Å². The summed E-state index contributed by atoms with van der Waals surface area (Å²) in [6.07, 6.45) is 2.59. The van der Waals surface area contributed by atoms with Crippen LogP contribution >= 0.6 is 0 Å². The highest BCUT2D eigenvalue weighted by Crippen LogP contribution is 2.20. The maximum atomic E-state index is 12.3. The van der Waals surface area contributed by atoms with Gasteiger partial charge in [-0.05, 0) is 30.9 Å². The lowest BCUT2D eigenvalue weighted by Gasteiger charge is -2.21. The molecule has 0 radical (unpaired) electrons.